The van der Waals surface area contributed by atoms with Crippen molar-refractivity contribution in [3.8, 4) is 0 Å². The number of amides is 2. The molecule has 1 aromatic heterocycles. The van der Waals surface area contributed by atoms with Crippen LogP contribution < -0.4 is 20.5 Å². The van der Waals surface area contributed by atoms with Crippen LogP contribution in [0.4, 0.5) is 11.4 Å². The van der Waals surface area contributed by atoms with Gasteiger partial charge in [0, 0.05) is 61.0 Å². The number of fused-ring (bicyclic) bond motifs is 1. The Morgan fingerprint density at radius 1 is 1.05 bits per heavy atom. The number of benzene rings is 2. The van der Waals surface area contributed by atoms with Gasteiger partial charge in [-0.3, -0.25) is 14.4 Å². The maximum Gasteiger partial charge on any atom is 0.257 e. The quantitative estimate of drug-likeness (QED) is 0.442. The molecule has 0 aliphatic carbocycles. The van der Waals surface area contributed by atoms with Gasteiger partial charge in [0.2, 0.25) is 11.3 Å². The number of aryl methyl sites for hydroxylation is 3. The lowest BCUT2D eigenvalue weighted by Crippen LogP contribution is -2.53. The van der Waals surface area contributed by atoms with Crippen LogP contribution in [0.5, 0.6) is 0 Å². The van der Waals surface area contributed by atoms with E-state index in [1.807, 2.05) is 43.5 Å². The van der Waals surface area contributed by atoms with Crippen LogP contribution in [0.15, 0.2) is 39.7 Å². The van der Waals surface area contributed by atoms with Gasteiger partial charge in [-0.1, -0.05) is 27.5 Å². The predicted molar refractivity (Wildman–Crippen MR) is 165 cm³/mol. The Bertz CT molecular complexity index is 1520. The Hall–Kier alpha value is -2.88. The lowest BCUT2D eigenvalue weighted by Gasteiger charge is -2.35. The fourth-order valence-corrected chi connectivity index (χ4v) is 6.88. The highest BCUT2D eigenvalue weighted by atomic mass is 79.9. The van der Waals surface area contributed by atoms with Crippen molar-refractivity contribution < 1.29 is 9.59 Å². The zero-order chi connectivity index (χ0) is 28.7. The first-order chi connectivity index (χ1) is 19.1. The number of carbonyl (C=O) groups is 2. The van der Waals surface area contributed by atoms with Crippen molar-refractivity contribution in [2.24, 2.45) is 0 Å². The number of pyridine rings is 1. The number of piperazine rings is 1. The Morgan fingerprint density at radius 2 is 1.73 bits per heavy atom. The van der Waals surface area contributed by atoms with E-state index in [2.05, 4.69) is 38.1 Å². The number of likely N-dealkylation sites (N-methyl/N-ethyl adjacent to an activating group) is 1. The molecule has 212 valence electrons. The average Bonchev–Trinajstić information content (AvgIpc) is 2.91. The molecule has 2 aromatic carbocycles. The summed E-state index contributed by atoms with van der Waals surface area (Å²) < 4.78 is 2.87. The van der Waals surface area contributed by atoms with Gasteiger partial charge in [0.05, 0.1) is 16.2 Å². The van der Waals surface area contributed by atoms with Crippen LogP contribution in [-0.4, -0.2) is 67.1 Å². The van der Waals surface area contributed by atoms with Crippen LogP contribution in [0, 0.1) is 13.8 Å². The molecular weight excluding hydrogens is 594 g/mol. The molecule has 5 rings (SSSR count). The van der Waals surface area contributed by atoms with E-state index in [9.17, 15) is 14.4 Å². The molecule has 40 heavy (non-hydrogen) atoms. The summed E-state index contributed by atoms with van der Waals surface area (Å²) in [6.07, 6.45) is 2.87. The van der Waals surface area contributed by atoms with Crippen LogP contribution >= 0.6 is 27.5 Å². The molecule has 1 unspecified atom stereocenters. The Morgan fingerprint density at radius 3 is 2.38 bits per heavy atom. The van der Waals surface area contributed by atoms with Crippen LogP contribution in [0.1, 0.15) is 41.3 Å². The topological polar surface area (TPSA) is 77.9 Å². The number of hydrogen-bond donors (Lipinski definition) is 1. The molecule has 0 spiro atoms. The molecule has 1 N–H and O–H groups in total. The summed E-state index contributed by atoms with van der Waals surface area (Å²) in [6, 6.07) is 6.90. The molecule has 1 atom stereocenters. The van der Waals surface area contributed by atoms with Crippen LogP contribution in [0.25, 0.3) is 10.9 Å². The molecule has 0 radical (unpaired) electrons. The third-order valence-corrected chi connectivity index (χ3v) is 8.81. The molecule has 3 heterocycles. The van der Waals surface area contributed by atoms with Gasteiger partial charge in [-0.25, -0.2) is 0 Å². The number of piperidine rings is 1. The maximum absolute atomic E-state index is 13.6. The fourth-order valence-electron chi connectivity index (χ4n) is 5.91. The van der Waals surface area contributed by atoms with Gasteiger partial charge >= 0.3 is 0 Å². The number of aromatic nitrogens is 1. The maximum atomic E-state index is 13.6. The smallest absolute Gasteiger partial charge is 0.257 e. The molecule has 2 fully saturated rings. The molecular formula is C30H35BrClN5O3. The van der Waals surface area contributed by atoms with Crippen molar-refractivity contribution in [2.75, 3.05) is 49.6 Å². The highest BCUT2D eigenvalue weighted by Gasteiger charge is 2.33. The summed E-state index contributed by atoms with van der Waals surface area (Å²) >= 11 is 10.2. The van der Waals surface area contributed by atoms with Crippen molar-refractivity contribution in [3.63, 3.8) is 0 Å². The number of hydrogen-bond acceptors (Lipinski definition) is 5. The van der Waals surface area contributed by atoms with E-state index in [4.69, 9.17) is 11.6 Å². The van der Waals surface area contributed by atoms with E-state index < -0.39 is 11.9 Å². The van der Waals surface area contributed by atoms with Gasteiger partial charge in [-0.05, 0) is 76.1 Å². The van der Waals surface area contributed by atoms with Gasteiger partial charge in [-0.2, -0.15) is 0 Å². The lowest BCUT2D eigenvalue weighted by atomic mass is 10.00. The SMILES string of the molecule is CCn1cc(C(=O)NC2CCCN(c3c(C)cc(Br)cc3C)C2=O)c(=O)c2cc(Cl)c(N3CCN(C)CC3)cc21. The van der Waals surface area contributed by atoms with Gasteiger partial charge in [0.1, 0.15) is 11.6 Å². The summed E-state index contributed by atoms with van der Waals surface area (Å²) in [5.74, 6) is -0.706. The van der Waals surface area contributed by atoms with Crippen molar-refractivity contribution in [3.05, 3.63) is 66.9 Å². The van der Waals surface area contributed by atoms with E-state index in [0.717, 1.165) is 65.1 Å². The second-order valence-corrected chi connectivity index (χ2v) is 12.1. The first kappa shape index (κ1) is 28.6. The van der Waals surface area contributed by atoms with Gasteiger partial charge in [0.15, 0.2) is 0 Å². The molecule has 3 aromatic rings. The van der Waals surface area contributed by atoms with Crippen molar-refractivity contribution in [1.29, 1.82) is 0 Å². The first-order valence-electron chi connectivity index (χ1n) is 13.8. The highest BCUT2D eigenvalue weighted by molar-refractivity contribution is 9.10. The Kier molecular flexibility index (Phi) is 8.27. The normalized spacial score (nSPS) is 18.4. The average molecular weight is 629 g/mol. The molecule has 2 aliphatic heterocycles. The number of carbonyl (C=O) groups excluding carboxylic acids is 2. The van der Waals surface area contributed by atoms with E-state index in [-0.39, 0.29) is 16.9 Å². The molecule has 2 saturated heterocycles. The molecule has 10 heteroatoms. The monoisotopic (exact) mass is 627 g/mol. The second kappa shape index (κ2) is 11.5. The summed E-state index contributed by atoms with van der Waals surface area (Å²) in [5, 5.41) is 3.77. The van der Waals surface area contributed by atoms with Crippen LogP contribution in [-0.2, 0) is 11.3 Å². The number of nitrogens with one attached hydrogen (secondary N) is 1. The van der Waals surface area contributed by atoms with Gasteiger partial charge in [0.25, 0.3) is 5.91 Å². The number of anilines is 2. The lowest BCUT2D eigenvalue weighted by molar-refractivity contribution is -0.121. The minimum atomic E-state index is -0.711. The van der Waals surface area contributed by atoms with E-state index in [1.54, 1.807) is 17.2 Å². The minimum Gasteiger partial charge on any atom is -0.368 e. The van der Waals surface area contributed by atoms with E-state index in [0.29, 0.717) is 29.9 Å². The fraction of sp³-hybridized carbons (Fsp3) is 0.433. The second-order valence-electron chi connectivity index (χ2n) is 10.8. The zero-order valence-electron chi connectivity index (χ0n) is 23.4. The third-order valence-electron chi connectivity index (χ3n) is 8.05. The van der Waals surface area contributed by atoms with Crippen molar-refractivity contribution in [2.45, 2.75) is 46.2 Å². The van der Waals surface area contributed by atoms with Gasteiger partial charge in [-0.15, -0.1) is 0 Å². The summed E-state index contributed by atoms with van der Waals surface area (Å²) in [4.78, 5) is 46.9. The summed E-state index contributed by atoms with van der Waals surface area (Å²) in [6.45, 7) is 10.7. The minimum absolute atomic E-state index is 0.0127. The zero-order valence-corrected chi connectivity index (χ0v) is 25.7. The summed E-state index contributed by atoms with van der Waals surface area (Å²) in [7, 11) is 2.10. The number of halogens is 2. The van der Waals surface area contributed by atoms with Crippen LogP contribution in [0.2, 0.25) is 5.02 Å². The first-order valence-corrected chi connectivity index (χ1v) is 14.9. The van der Waals surface area contributed by atoms with Crippen molar-refractivity contribution in [1.82, 2.24) is 14.8 Å². The molecule has 0 bridgehead atoms. The molecule has 8 nitrogen and oxygen atoms in total. The highest BCUT2D eigenvalue weighted by Crippen LogP contribution is 2.32. The van der Waals surface area contributed by atoms with E-state index >= 15 is 0 Å². The van der Waals surface area contributed by atoms with E-state index in [1.165, 1.54) is 0 Å². The third kappa shape index (κ3) is 5.39. The molecule has 0 saturated carbocycles. The predicted octanol–water partition coefficient (Wildman–Crippen LogP) is 4.73. The number of rotatable bonds is 5. The Balaban J connectivity index is 1.44. The summed E-state index contributed by atoms with van der Waals surface area (Å²) in [5.41, 5.74) is 4.11. The van der Waals surface area contributed by atoms with Gasteiger partial charge < -0.3 is 24.6 Å². The standard InChI is InChI=1S/C30H35BrClN5O3/c1-5-35-17-22(28(38)21-15-23(32)26(16-25(21)35)36-11-9-34(4)10-12-36)29(39)33-24-7-6-8-37(30(24)40)27-18(2)13-20(31)14-19(27)3/h13-17,24H,5-12H2,1-4H3,(H,33,39). The molecule has 2 aliphatic rings. The Labute approximate surface area is 248 Å². The number of nitrogens with zero attached hydrogens (tertiary/aromatic N) is 4. The largest absolute Gasteiger partial charge is 0.368 e. The molecule has 2 amide bonds. The van der Waals surface area contributed by atoms with Crippen LogP contribution in [0.3, 0.4) is 0 Å². The van der Waals surface area contributed by atoms with Crippen molar-refractivity contribution >= 4 is 61.6 Å².